The molecule has 0 aliphatic rings. The number of rotatable bonds is 9. The van der Waals surface area contributed by atoms with E-state index in [1.165, 1.54) is 17.8 Å². The summed E-state index contributed by atoms with van der Waals surface area (Å²) in [5.74, 6) is 1.20. The van der Waals surface area contributed by atoms with Crippen molar-refractivity contribution < 1.29 is 13.9 Å². The molecule has 1 heterocycles. The van der Waals surface area contributed by atoms with Gasteiger partial charge in [-0.3, -0.25) is 4.79 Å². The first-order chi connectivity index (χ1) is 14.9. The Labute approximate surface area is 186 Å². The predicted octanol–water partition coefficient (Wildman–Crippen LogP) is 4.72. The van der Waals surface area contributed by atoms with Crippen molar-refractivity contribution in [1.82, 2.24) is 20.1 Å². The normalized spacial score (nSPS) is 12.1. The number of carbonyl (C=O) groups excluding carboxylic acids is 1. The van der Waals surface area contributed by atoms with Gasteiger partial charge in [-0.1, -0.05) is 55.9 Å². The molecule has 0 fully saturated rings. The van der Waals surface area contributed by atoms with E-state index in [0.717, 1.165) is 11.3 Å². The maximum Gasteiger partial charge on any atom is 0.230 e. The van der Waals surface area contributed by atoms with Gasteiger partial charge in [0.25, 0.3) is 0 Å². The van der Waals surface area contributed by atoms with Crippen molar-refractivity contribution in [2.24, 2.45) is 5.92 Å². The minimum Gasteiger partial charge on any atom is -0.496 e. The zero-order valence-electron chi connectivity index (χ0n) is 18.1. The average Bonchev–Trinajstić information content (AvgIpc) is 3.14. The molecule has 1 N–H and O–H groups in total. The number of carbonyl (C=O) groups is 1. The van der Waals surface area contributed by atoms with E-state index < -0.39 is 0 Å². The van der Waals surface area contributed by atoms with Crippen molar-refractivity contribution in [3.8, 4) is 17.1 Å². The van der Waals surface area contributed by atoms with Crippen molar-refractivity contribution in [3.63, 3.8) is 0 Å². The van der Waals surface area contributed by atoms with E-state index in [9.17, 15) is 9.18 Å². The number of amides is 1. The molecule has 0 saturated carbocycles. The molecule has 164 valence electrons. The number of hydrogen-bond acceptors (Lipinski definition) is 5. The smallest absolute Gasteiger partial charge is 0.230 e. The first-order valence-electron chi connectivity index (χ1n) is 10.1. The highest BCUT2D eigenvalue weighted by atomic mass is 32.2. The molecule has 0 spiro atoms. The zero-order valence-corrected chi connectivity index (χ0v) is 18.9. The third-order valence-electron chi connectivity index (χ3n) is 4.69. The van der Waals surface area contributed by atoms with Crippen LogP contribution >= 0.6 is 11.8 Å². The molecule has 1 amide bonds. The molecule has 0 saturated heterocycles. The highest BCUT2D eigenvalue weighted by molar-refractivity contribution is 7.99. The molecule has 6 nitrogen and oxygen atoms in total. The zero-order chi connectivity index (χ0) is 22.4. The second-order valence-electron chi connectivity index (χ2n) is 7.61. The molecule has 2 aromatic carbocycles. The number of nitrogens with zero attached hydrogens (tertiary/aromatic N) is 3. The summed E-state index contributed by atoms with van der Waals surface area (Å²) in [6.07, 6.45) is 0. The van der Waals surface area contributed by atoms with Gasteiger partial charge in [0.2, 0.25) is 5.91 Å². The van der Waals surface area contributed by atoms with Crippen LogP contribution in [0.2, 0.25) is 0 Å². The predicted molar refractivity (Wildman–Crippen MR) is 121 cm³/mol. The first kappa shape index (κ1) is 22.8. The molecular formula is C23H27FN4O2S. The number of thioether (sulfide) groups is 1. The molecule has 0 aliphatic heterocycles. The second-order valence-corrected chi connectivity index (χ2v) is 8.55. The van der Waals surface area contributed by atoms with Crippen molar-refractivity contribution in [3.05, 3.63) is 59.9 Å². The summed E-state index contributed by atoms with van der Waals surface area (Å²) in [7, 11) is 1.61. The third-order valence-corrected chi connectivity index (χ3v) is 5.66. The molecule has 3 aromatic rings. The van der Waals surface area contributed by atoms with Gasteiger partial charge < -0.3 is 14.6 Å². The van der Waals surface area contributed by atoms with Crippen LogP contribution in [-0.2, 0) is 11.3 Å². The third kappa shape index (κ3) is 5.64. The molecule has 1 atom stereocenters. The van der Waals surface area contributed by atoms with Gasteiger partial charge in [-0.15, -0.1) is 10.2 Å². The standard InChI is InChI=1S/C23H27FN4O2S/c1-15(2)13-28-22(18-10-5-7-11-19(18)24)26-27-23(28)31-14-21(29)25-16(3)17-9-6-8-12-20(17)30-4/h5-12,15-16H,13-14H2,1-4H3,(H,25,29). The van der Waals surface area contributed by atoms with Gasteiger partial charge >= 0.3 is 0 Å². The average molecular weight is 443 g/mol. The summed E-state index contributed by atoms with van der Waals surface area (Å²) in [4.78, 5) is 12.6. The van der Waals surface area contributed by atoms with Crippen LogP contribution in [0.4, 0.5) is 4.39 Å². The number of hydrogen-bond donors (Lipinski definition) is 1. The van der Waals surface area contributed by atoms with Gasteiger partial charge in [-0.05, 0) is 31.0 Å². The molecule has 8 heteroatoms. The monoisotopic (exact) mass is 442 g/mol. The lowest BCUT2D eigenvalue weighted by Crippen LogP contribution is -2.28. The van der Waals surface area contributed by atoms with E-state index in [1.807, 2.05) is 35.8 Å². The van der Waals surface area contributed by atoms with Gasteiger partial charge in [-0.25, -0.2) is 4.39 Å². The van der Waals surface area contributed by atoms with E-state index in [1.54, 1.807) is 25.3 Å². The fourth-order valence-corrected chi connectivity index (χ4v) is 4.04. The quantitative estimate of drug-likeness (QED) is 0.486. The van der Waals surface area contributed by atoms with Gasteiger partial charge in [0.05, 0.1) is 24.5 Å². The fraction of sp³-hybridized carbons (Fsp3) is 0.348. The first-order valence-corrected chi connectivity index (χ1v) is 11.1. The Kier molecular flexibility index (Phi) is 7.68. The maximum absolute atomic E-state index is 14.3. The van der Waals surface area contributed by atoms with Crippen molar-refractivity contribution in [2.45, 2.75) is 38.5 Å². The summed E-state index contributed by atoms with van der Waals surface area (Å²) >= 11 is 1.29. The Morgan fingerprint density at radius 3 is 2.55 bits per heavy atom. The summed E-state index contributed by atoms with van der Waals surface area (Å²) in [6, 6.07) is 13.9. The Morgan fingerprint density at radius 1 is 1.13 bits per heavy atom. The van der Waals surface area contributed by atoms with Crippen molar-refractivity contribution in [1.29, 1.82) is 0 Å². The summed E-state index contributed by atoms with van der Waals surface area (Å²) in [5, 5.41) is 12.0. The van der Waals surface area contributed by atoms with Crippen LogP contribution in [0, 0.1) is 11.7 Å². The van der Waals surface area contributed by atoms with Crippen molar-refractivity contribution >= 4 is 17.7 Å². The summed E-state index contributed by atoms with van der Waals surface area (Å²) < 4.78 is 21.6. The molecule has 3 rings (SSSR count). The minimum absolute atomic E-state index is 0.130. The number of benzene rings is 2. The molecule has 1 unspecified atom stereocenters. The second kappa shape index (κ2) is 10.4. The lowest BCUT2D eigenvalue weighted by molar-refractivity contribution is -0.119. The van der Waals surface area contributed by atoms with Crippen LogP contribution in [0.1, 0.15) is 32.4 Å². The minimum atomic E-state index is -0.347. The lowest BCUT2D eigenvalue weighted by Gasteiger charge is -2.17. The maximum atomic E-state index is 14.3. The topological polar surface area (TPSA) is 69.0 Å². The van der Waals surface area contributed by atoms with E-state index in [0.29, 0.717) is 29.0 Å². The highest BCUT2D eigenvalue weighted by Gasteiger charge is 2.20. The van der Waals surface area contributed by atoms with Crippen LogP contribution in [0.25, 0.3) is 11.4 Å². The van der Waals surface area contributed by atoms with Crippen LogP contribution in [0.3, 0.4) is 0 Å². The molecular weight excluding hydrogens is 415 g/mol. The van der Waals surface area contributed by atoms with Crippen LogP contribution in [0.15, 0.2) is 53.7 Å². The summed E-state index contributed by atoms with van der Waals surface area (Å²) in [6.45, 7) is 6.68. The van der Waals surface area contributed by atoms with Gasteiger partial charge in [0, 0.05) is 12.1 Å². The molecule has 0 aliphatic carbocycles. The molecule has 1 aromatic heterocycles. The number of ether oxygens (including phenoxy) is 1. The van der Waals surface area contributed by atoms with Gasteiger partial charge in [-0.2, -0.15) is 0 Å². The van der Waals surface area contributed by atoms with Gasteiger partial charge in [0.1, 0.15) is 11.6 Å². The Bertz CT molecular complexity index is 1040. The van der Waals surface area contributed by atoms with E-state index in [4.69, 9.17) is 4.74 Å². The molecule has 31 heavy (non-hydrogen) atoms. The Morgan fingerprint density at radius 2 is 1.84 bits per heavy atom. The number of nitrogens with one attached hydrogen (secondary N) is 1. The van der Waals surface area contributed by atoms with Crippen LogP contribution in [-0.4, -0.2) is 33.5 Å². The van der Waals surface area contributed by atoms with Gasteiger partial charge in [0.15, 0.2) is 11.0 Å². The Hall–Kier alpha value is -2.87. The number of aromatic nitrogens is 3. The summed E-state index contributed by atoms with van der Waals surface area (Å²) in [5.41, 5.74) is 1.31. The molecule has 0 radical (unpaired) electrons. The number of halogens is 1. The van der Waals surface area contributed by atoms with E-state index in [2.05, 4.69) is 29.4 Å². The van der Waals surface area contributed by atoms with Crippen LogP contribution < -0.4 is 10.1 Å². The molecule has 0 bridgehead atoms. The highest BCUT2D eigenvalue weighted by Crippen LogP contribution is 2.28. The largest absolute Gasteiger partial charge is 0.496 e. The van der Waals surface area contributed by atoms with E-state index >= 15 is 0 Å². The van der Waals surface area contributed by atoms with Crippen LogP contribution in [0.5, 0.6) is 5.75 Å². The van der Waals surface area contributed by atoms with E-state index in [-0.39, 0.29) is 23.5 Å². The lowest BCUT2D eigenvalue weighted by atomic mass is 10.1. The Balaban J connectivity index is 1.72. The SMILES string of the molecule is COc1ccccc1C(C)NC(=O)CSc1nnc(-c2ccccc2F)n1CC(C)C. The van der Waals surface area contributed by atoms with Crippen molar-refractivity contribution in [2.75, 3.05) is 12.9 Å². The fourth-order valence-electron chi connectivity index (χ4n) is 3.28. The number of methoxy groups -OCH3 is 1. The number of para-hydroxylation sites is 1.